The zero-order valence-electron chi connectivity index (χ0n) is 11.8. The van der Waals surface area contributed by atoms with E-state index in [0.29, 0.717) is 13.0 Å². The molecule has 1 fully saturated rings. The Morgan fingerprint density at radius 3 is 2.89 bits per heavy atom. The predicted molar refractivity (Wildman–Crippen MR) is 72.5 cm³/mol. The Morgan fingerprint density at radius 2 is 2.32 bits per heavy atom. The Bertz CT molecular complexity index is 411. The molecule has 1 aliphatic carbocycles. The van der Waals surface area contributed by atoms with E-state index in [-0.39, 0.29) is 18.1 Å². The van der Waals surface area contributed by atoms with Crippen molar-refractivity contribution in [2.75, 3.05) is 0 Å². The van der Waals surface area contributed by atoms with Gasteiger partial charge in [-0.1, -0.05) is 19.8 Å². The Hall–Kier alpha value is -1.36. The van der Waals surface area contributed by atoms with E-state index in [0.717, 1.165) is 18.7 Å². The number of hydrogen-bond donors (Lipinski definition) is 1. The smallest absolute Gasteiger partial charge is 0.249 e. The molecule has 0 aliphatic heterocycles. The summed E-state index contributed by atoms with van der Waals surface area (Å²) in [4.78, 5) is 16.3. The minimum atomic E-state index is -0.330. The molecule has 0 aromatic carbocycles. The van der Waals surface area contributed by atoms with Crippen LogP contribution >= 0.6 is 0 Å². The number of ether oxygens (including phenoxy) is 1. The molecule has 1 saturated carbocycles. The molecule has 19 heavy (non-hydrogen) atoms. The zero-order valence-corrected chi connectivity index (χ0v) is 11.8. The van der Waals surface area contributed by atoms with E-state index in [4.69, 9.17) is 4.74 Å². The molecule has 0 saturated heterocycles. The molecule has 1 aromatic heterocycles. The van der Waals surface area contributed by atoms with Gasteiger partial charge in [0.25, 0.3) is 0 Å². The lowest BCUT2D eigenvalue weighted by molar-refractivity contribution is -0.137. The van der Waals surface area contributed by atoms with E-state index < -0.39 is 0 Å². The second kappa shape index (κ2) is 6.70. The topological polar surface area (TPSA) is 56.1 Å². The molecule has 2 rings (SSSR count). The highest BCUT2D eigenvalue weighted by atomic mass is 16.5. The number of rotatable bonds is 6. The molecule has 1 unspecified atom stereocenters. The van der Waals surface area contributed by atoms with Crippen molar-refractivity contribution in [1.82, 2.24) is 14.9 Å². The number of imidazole rings is 1. The standard InChI is InChI=1S/C14H23N3O2/c1-3-12(19-11-6-4-5-7-11)14(18)16-10-13-15-8-9-17(13)2/h8-9,11-12H,3-7,10H2,1-2H3,(H,16,18). The number of aryl methyl sites for hydroxylation is 1. The highest BCUT2D eigenvalue weighted by molar-refractivity contribution is 5.80. The molecular formula is C14H23N3O2. The van der Waals surface area contributed by atoms with Gasteiger partial charge in [0.05, 0.1) is 12.6 Å². The lowest BCUT2D eigenvalue weighted by atomic mass is 10.2. The van der Waals surface area contributed by atoms with Crippen molar-refractivity contribution in [3.8, 4) is 0 Å². The van der Waals surface area contributed by atoms with Crippen molar-refractivity contribution < 1.29 is 9.53 Å². The first-order valence-corrected chi connectivity index (χ1v) is 7.10. The number of nitrogens with one attached hydrogen (secondary N) is 1. The lowest BCUT2D eigenvalue weighted by Gasteiger charge is -2.20. The fraction of sp³-hybridized carbons (Fsp3) is 0.714. The summed E-state index contributed by atoms with van der Waals surface area (Å²) in [7, 11) is 1.92. The highest BCUT2D eigenvalue weighted by Crippen LogP contribution is 2.22. The fourth-order valence-electron chi connectivity index (χ4n) is 2.45. The van der Waals surface area contributed by atoms with E-state index in [1.807, 2.05) is 24.7 Å². The van der Waals surface area contributed by atoms with Gasteiger partial charge in [-0.3, -0.25) is 4.79 Å². The molecule has 0 radical (unpaired) electrons. The zero-order chi connectivity index (χ0) is 13.7. The van der Waals surface area contributed by atoms with Gasteiger partial charge in [-0.2, -0.15) is 0 Å². The Balaban J connectivity index is 1.81. The third-order valence-corrected chi connectivity index (χ3v) is 3.66. The summed E-state index contributed by atoms with van der Waals surface area (Å²) in [5, 5.41) is 2.90. The first kappa shape index (κ1) is 14.1. The molecule has 1 amide bonds. The van der Waals surface area contributed by atoms with Crippen LogP contribution in [-0.4, -0.2) is 27.7 Å². The van der Waals surface area contributed by atoms with Crippen LogP contribution in [0.5, 0.6) is 0 Å². The monoisotopic (exact) mass is 265 g/mol. The average Bonchev–Trinajstić information content (AvgIpc) is 3.04. The van der Waals surface area contributed by atoms with Crippen molar-refractivity contribution in [2.45, 2.75) is 57.8 Å². The van der Waals surface area contributed by atoms with Gasteiger partial charge >= 0.3 is 0 Å². The van der Waals surface area contributed by atoms with Crippen LogP contribution in [0.25, 0.3) is 0 Å². The maximum atomic E-state index is 12.1. The second-order valence-electron chi connectivity index (χ2n) is 5.11. The Kier molecular flexibility index (Phi) is 4.96. The van der Waals surface area contributed by atoms with Crippen molar-refractivity contribution in [3.63, 3.8) is 0 Å². The van der Waals surface area contributed by atoms with Crippen LogP contribution < -0.4 is 5.32 Å². The van der Waals surface area contributed by atoms with Crippen molar-refractivity contribution in [2.24, 2.45) is 7.05 Å². The summed E-state index contributed by atoms with van der Waals surface area (Å²) in [6.45, 7) is 2.44. The third-order valence-electron chi connectivity index (χ3n) is 3.66. The maximum absolute atomic E-state index is 12.1. The van der Waals surface area contributed by atoms with Crippen molar-refractivity contribution >= 4 is 5.91 Å². The first-order valence-electron chi connectivity index (χ1n) is 7.10. The Morgan fingerprint density at radius 1 is 1.58 bits per heavy atom. The summed E-state index contributed by atoms with van der Waals surface area (Å²) in [5.41, 5.74) is 0. The van der Waals surface area contributed by atoms with Crippen LogP contribution in [-0.2, 0) is 23.1 Å². The first-order chi connectivity index (χ1) is 9.20. The van der Waals surface area contributed by atoms with Gasteiger partial charge in [0, 0.05) is 19.4 Å². The van der Waals surface area contributed by atoms with Gasteiger partial charge in [0.2, 0.25) is 5.91 Å². The van der Waals surface area contributed by atoms with Gasteiger partial charge in [0.15, 0.2) is 0 Å². The summed E-state index contributed by atoms with van der Waals surface area (Å²) in [6.07, 6.45) is 8.86. The molecule has 1 N–H and O–H groups in total. The van der Waals surface area contributed by atoms with Crippen LogP contribution in [0.1, 0.15) is 44.9 Å². The fourth-order valence-corrected chi connectivity index (χ4v) is 2.45. The molecule has 1 aromatic rings. The van der Waals surface area contributed by atoms with Crippen LogP contribution in [0.2, 0.25) is 0 Å². The van der Waals surface area contributed by atoms with Gasteiger partial charge < -0.3 is 14.6 Å². The van der Waals surface area contributed by atoms with Gasteiger partial charge in [-0.25, -0.2) is 4.98 Å². The second-order valence-corrected chi connectivity index (χ2v) is 5.11. The minimum absolute atomic E-state index is 0.0302. The molecule has 5 heteroatoms. The molecule has 0 bridgehead atoms. The van der Waals surface area contributed by atoms with Gasteiger partial charge in [0.1, 0.15) is 11.9 Å². The number of carbonyl (C=O) groups is 1. The molecule has 0 spiro atoms. The van der Waals surface area contributed by atoms with Crippen LogP contribution in [0, 0.1) is 0 Å². The van der Waals surface area contributed by atoms with Crippen molar-refractivity contribution in [3.05, 3.63) is 18.2 Å². The van der Waals surface area contributed by atoms with Crippen LogP contribution in [0.4, 0.5) is 0 Å². The highest BCUT2D eigenvalue weighted by Gasteiger charge is 2.24. The van der Waals surface area contributed by atoms with Crippen LogP contribution in [0.3, 0.4) is 0 Å². The number of hydrogen-bond acceptors (Lipinski definition) is 3. The van der Waals surface area contributed by atoms with Crippen LogP contribution in [0.15, 0.2) is 12.4 Å². The summed E-state index contributed by atoms with van der Waals surface area (Å²) in [5.74, 6) is 0.821. The number of aromatic nitrogens is 2. The van der Waals surface area contributed by atoms with Crippen molar-refractivity contribution in [1.29, 1.82) is 0 Å². The Labute approximate surface area is 114 Å². The summed E-state index contributed by atoms with van der Waals surface area (Å²) < 4.78 is 7.79. The largest absolute Gasteiger partial charge is 0.365 e. The molecular weight excluding hydrogens is 242 g/mol. The van der Waals surface area contributed by atoms with E-state index in [2.05, 4.69) is 10.3 Å². The normalized spacial score (nSPS) is 17.6. The quantitative estimate of drug-likeness (QED) is 0.853. The van der Waals surface area contributed by atoms with E-state index in [1.54, 1.807) is 6.20 Å². The number of carbonyl (C=O) groups excluding carboxylic acids is 1. The maximum Gasteiger partial charge on any atom is 0.249 e. The SMILES string of the molecule is CCC(OC1CCCC1)C(=O)NCc1nccn1C. The molecule has 1 heterocycles. The summed E-state index contributed by atoms with van der Waals surface area (Å²) in [6, 6.07) is 0. The predicted octanol–water partition coefficient (Wildman–Crippen LogP) is 1.77. The molecule has 1 atom stereocenters. The van der Waals surface area contributed by atoms with E-state index in [1.165, 1.54) is 12.8 Å². The van der Waals surface area contributed by atoms with Gasteiger partial charge in [-0.05, 0) is 19.3 Å². The lowest BCUT2D eigenvalue weighted by Crippen LogP contribution is -2.38. The molecule has 106 valence electrons. The van der Waals surface area contributed by atoms with E-state index in [9.17, 15) is 4.79 Å². The molecule has 5 nitrogen and oxygen atoms in total. The minimum Gasteiger partial charge on any atom is -0.365 e. The van der Waals surface area contributed by atoms with Gasteiger partial charge in [-0.15, -0.1) is 0 Å². The average molecular weight is 265 g/mol. The van der Waals surface area contributed by atoms with E-state index >= 15 is 0 Å². The number of nitrogens with zero attached hydrogens (tertiary/aromatic N) is 2. The number of amides is 1. The summed E-state index contributed by atoms with van der Waals surface area (Å²) >= 11 is 0. The molecule has 1 aliphatic rings. The third kappa shape index (κ3) is 3.80.